The first kappa shape index (κ1) is 14.9. The van der Waals surface area contributed by atoms with Gasteiger partial charge in [-0.2, -0.15) is 0 Å². The number of aliphatic imine (C=N–C) groups is 1. The van der Waals surface area contributed by atoms with Gasteiger partial charge in [0.25, 0.3) is 0 Å². The number of hydrogen-bond acceptors (Lipinski definition) is 7. The Morgan fingerprint density at radius 2 is 2.24 bits per heavy atom. The summed E-state index contributed by atoms with van der Waals surface area (Å²) in [6, 6.07) is 3.96. The second-order valence-corrected chi connectivity index (χ2v) is 5.39. The van der Waals surface area contributed by atoms with Gasteiger partial charge in [0.15, 0.2) is 5.65 Å². The summed E-state index contributed by atoms with van der Waals surface area (Å²) < 4.78 is 3.67. The van der Waals surface area contributed by atoms with E-state index in [-0.39, 0.29) is 0 Å². The highest BCUT2D eigenvalue weighted by molar-refractivity contribution is 6.08. The average molecular weight is 333 g/mol. The fourth-order valence-electron chi connectivity index (χ4n) is 2.57. The van der Waals surface area contributed by atoms with Gasteiger partial charge >= 0.3 is 0 Å². The van der Waals surface area contributed by atoms with Crippen molar-refractivity contribution in [2.75, 3.05) is 7.05 Å². The summed E-state index contributed by atoms with van der Waals surface area (Å²) in [5, 5.41) is 8.24. The van der Waals surface area contributed by atoms with Crippen LogP contribution >= 0.6 is 0 Å². The molecule has 25 heavy (non-hydrogen) atoms. The Balaban J connectivity index is 1.73. The van der Waals surface area contributed by atoms with Gasteiger partial charge in [0, 0.05) is 43.6 Å². The van der Waals surface area contributed by atoms with Crippen LogP contribution < -0.4 is 5.73 Å². The molecule has 0 atom stereocenters. The minimum absolute atomic E-state index is 0.484. The molecule has 9 nitrogen and oxygen atoms in total. The van der Waals surface area contributed by atoms with E-state index in [0.29, 0.717) is 29.1 Å². The molecule has 0 saturated heterocycles. The Morgan fingerprint density at radius 3 is 3.08 bits per heavy atom. The lowest BCUT2D eigenvalue weighted by molar-refractivity contribution is 0.661. The minimum Gasteiger partial charge on any atom is -0.404 e. The molecule has 9 heteroatoms. The zero-order chi connectivity index (χ0) is 17.2. The van der Waals surface area contributed by atoms with E-state index in [0.717, 1.165) is 11.2 Å². The van der Waals surface area contributed by atoms with Gasteiger partial charge in [-0.3, -0.25) is 4.99 Å². The van der Waals surface area contributed by atoms with Gasteiger partial charge in [0.05, 0.1) is 18.4 Å². The van der Waals surface area contributed by atoms with Crippen molar-refractivity contribution in [1.82, 2.24) is 34.3 Å². The highest BCUT2D eigenvalue weighted by atomic mass is 15.4. The Morgan fingerprint density at radius 1 is 1.32 bits per heavy atom. The highest BCUT2D eigenvalue weighted by Crippen LogP contribution is 2.14. The predicted molar refractivity (Wildman–Crippen MR) is 94.0 cm³/mol. The van der Waals surface area contributed by atoms with Crippen molar-refractivity contribution in [3.8, 4) is 0 Å². The van der Waals surface area contributed by atoms with E-state index < -0.39 is 0 Å². The van der Waals surface area contributed by atoms with Crippen molar-refractivity contribution < 1.29 is 0 Å². The largest absolute Gasteiger partial charge is 0.404 e. The third-order valence-electron chi connectivity index (χ3n) is 3.75. The molecule has 0 aliphatic heterocycles. The Kier molecular flexibility index (Phi) is 3.65. The Hall–Kier alpha value is -3.62. The van der Waals surface area contributed by atoms with Crippen LogP contribution in [0.15, 0.2) is 48.1 Å². The summed E-state index contributed by atoms with van der Waals surface area (Å²) in [4.78, 5) is 17.1. The van der Waals surface area contributed by atoms with Crippen LogP contribution in [0.4, 0.5) is 0 Å². The summed E-state index contributed by atoms with van der Waals surface area (Å²) in [5.74, 6) is 0. The van der Waals surface area contributed by atoms with E-state index in [4.69, 9.17) is 5.73 Å². The number of rotatable bonds is 4. The maximum absolute atomic E-state index is 5.65. The predicted octanol–water partition coefficient (Wildman–Crippen LogP) is 0.917. The van der Waals surface area contributed by atoms with Crippen LogP contribution in [0.1, 0.15) is 11.3 Å². The Bertz CT molecular complexity index is 1100. The van der Waals surface area contributed by atoms with Gasteiger partial charge in [-0.05, 0) is 11.6 Å². The number of nitrogens with zero attached hydrogens (tertiary/aromatic N) is 8. The molecule has 2 N–H and O–H groups in total. The monoisotopic (exact) mass is 333 g/mol. The first-order valence-electron chi connectivity index (χ1n) is 7.61. The molecule has 0 amide bonds. The maximum atomic E-state index is 5.65. The van der Waals surface area contributed by atoms with Crippen LogP contribution in [0.2, 0.25) is 0 Å². The summed E-state index contributed by atoms with van der Waals surface area (Å²) in [6.07, 6.45) is 10.4. The third-order valence-corrected chi connectivity index (χ3v) is 3.75. The molecule has 0 fully saturated rings. The number of pyridine rings is 1. The molecular formula is C16H15N9. The molecule has 0 aliphatic carbocycles. The molecule has 4 aromatic heterocycles. The van der Waals surface area contributed by atoms with E-state index in [9.17, 15) is 0 Å². The second-order valence-electron chi connectivity index (χ2n) is 5.39. The summed E-state index contributed by atoms with van der Waals surface area (Å²) in [6.45, 7) is 0.520. The van der Waals surface area contributed by atoms with Gasteiger partial charge in [-0.1, -0.05) is 11.3 Å². The summed E-state index contributed by atoms with van der Waals surface area (Å²) >= 11 is 0. The molecule has 0 aromatic carbocycles. The van der Waals surface area contributed by atoms with E-state index in [1.165, 1.54) is 6.20 Å². The molecule has 4 aromatic rings. The van der Waals surface area contributed by atoms with Crippen molar-refractivity contribution in [1.29, 1.82) is 0 Å². The second kappa shape index (κ2) is 6.11. The number of allylic oxidation sites excluding steroid dienone is 1. The molecule has 4 heterocycles. The van der Waals surface area contributed by atoms with Gasteiger partial charge < -0.3 is 10.1 Å². The van der Waals surface area contributed by atoms with Gasteiger partial charge in [0.2, 0.25) is 5.65 Å². The van der Waals surface area contributed by atoms with Crippen LogP contribution in [-0.4, -0.2) is 47.6 Å². The van der Waals surface area contributed by atoms with E-state index in [2.05, 4.69) is 30.3 Å². The first-order chi connectivity index (χ1) is 12.3. The third kappa shape index (κ3) is 2.71. The molecule has 0 spiro atoms. The van der Waals surface area contributed by atoms with E-state index >= 15 is 0 Å². The maximum Gasteiger partial charge on any atom is 0.221 e. The Labute approximate surface area is 142 Å². The zero-order valence-electron chi connectivity index (χ0n) is 13.5. The first-order valence-corrected chi connectivity index (χ1v) is 7.61. The van der Waals surface area contributed by atoms with Gasteiger partial charge in [0.1, 0.15) is 5.65 Å². The fraction of sp³-hybridized carbons (Fsp3) is 0.125. The van der Waals surface area contributed by atoms with Gasteiger partial charge in [-0.25, -0.2) is 19.6 Å². The van der Waals surface area contributed by atoms with Crippen molar-refractivity contribution in [3.05, 3.63) is 54.4 Å². The number of fused-ring (bicyclic) bond motifs is 2. The quantitative estimate of drug-likeness (QED) is 0.556. The topological polar surface area (TPSA) is 112 Å². The molecule has 0 aliphatic rings. The highest BCUT2D eigenvalue weighted by Gasteiger charge is 2.11. The molecule has 4 rings (SSSR count). The molecule has 0 radical (unpaired) electrons. The van der Waals surface area contributed by atoms with Crippen molar-refractivity contribution in [2.24, 2.45) is 10.7 Å². The fourth-order valence-corrected chi connectivity index (χ4v) is 2.57. The van der Waals surface area contributed by atoms with Crippen LogP contribution in [0.3, 0.4) is 0 Å². The summed E-state index contributed by atoms with van der Waals surface area (Å²) in [5.41, 5.74) is 9.97. The standard InChI is InChI=1S/C16H15N9/c1-18-7-12(6-17)13-8-20-15-16(21-13)25(23-22-15)10-11-2-3-14-19-4-5-24(14)9-11/h2-9H,10,17H2,1H3. The minimum atomic E-state index is 0.484. The lowest BCUT2D eigenvalue weighted by Crippen LogP contribution is -2.05. The number of imidazole rings is 1. The van der Waals surface area contributed by atoms with Crippen LogP contribution in [-0.2, 0) is 6.54 Å². The lowest BCUT2D eigenvalue weighted by atomic mass is 10.2. The molecule has 124 valence electrons. The molecule has 0 saturated carbocycles. The van der Waals surface area contributed by atoms with Crippen LogP contribution in [0.5, 0.6) is 0 Å². The summed E-state index contributed by atoms with van der Waals surface area (Å²) in [7, 11) is 1.67. The zero-order valence-corrected chi connectivity index (χ0v) is 13.5. The normalized spacial score (nSPS) is 12.6. The van der Waals surface area contributed by atoms with Crippen LogP contribution in [0.25, 0.3) is 22.5 Å². The van der Waals surface area contributed by atoms with Crippen molar-refractivity contribution in [3.63, 3.8) is 0 Å². The molecule has 0 unspecified atom stereocenters. The lowest BCUT2D eigenvalue weighted by Gasteiger charge is -2.04. The van der Waals surface area contributed by atoms with E-state index in [1.54, 1.807) is 30.3 Å². The van der Waals surface area contributed by atoms with Crippen LogP contribution in [0, 0.1) is 0 Å². The number of hydrogen-bond donors (Lipinski definition) is 1. The van der Waals surface area contributed by atoms with Crippen molar-refractivity contribution >= 4 is 28.7 Å². The number of nitrogens with two attached hydrogens (primary N) is 1. The van der Waals surface area contributed by atoms with Gasteiger partial charge in [-0.15, -0.1) is 5.10 Å². The smallest absolute Gasteiger partial charge is 0.221 e. The van der Waals surface area contributed by atoms with Crippen molar-refractivity contribution in [2.45, 2.75) is 6.54 Å². The molecular weight excluding hydrogens is 318 g/mol. The average Bonchev–Trinajstić information content (AvgIpc) is 3.26. The van der Waals surface area contributed by atoms with E-state index in [1.807, 2.05) is 28.9 Å². The molecule has 0 bridgehead atoms. The number of aromatic nitrogens is 7. The SMILES string of the molecule is CN=CC(=CN)c1cnc2nnn(Cc3ccc4nccn4c3)c2n1.